The molecule has 0 unspecified atom stereocenters. The van der Waals surface area contributed by atoms with Crippen LogP contribution in [0.15, 0.2) is 18.2 Å². The summed E-state index contributed by atoms with van der Waals surface area (Å²) in [5.74, 6) is 1.84. The van der Waals surface area contributed by atoms with Gasteiger partial charge in [-0.05, 0) is 31.0 Å². The Balaban J connectivity index is 2.46. The van der Waals surface area contributed by atoms with Crippen LogP contribution in [-0.4, -0.2) is 38.7 Å². The second-order valence-electron chi connectivity index (χ2n) is 4.04. The van der Waals surface area contributed by atoms with E-state index in [-0.39, 0.29) is 6.03 Å². The molecule has 0 spiro atoms. The molecule has 0 saturated heterocycles. The van der Waals surface area contributed by atoms with Crippen LogP contribution in [0, 0.1) is 0 Å². The number of hydrogen-bond acceptors (Lipinski definition) is 3. The van der Waals surface area contributed by atoms with Crippen molar-refractivity contribution in [3.63, 3.8) is 0 Å². The van der Waals surface area contributed by atoms with Gasteiger partial charge in [0.2, 0.25) is 0 Å². The number of halogens is 1. The third-order valence-corrected chi connectivity index (χ3v) is 2.80. The number of alkyl halides is 1. The molecule has 0 atom stereocenters. The molecule has 6 heteroatoms. The molecule has 2 amide bonds. The van der Waals surface area contributed by atoms with Crippen LogP contribution in [0.2, 0.25) is 0 Å². The van der Waals surface area contributed by atoms with E-state index in [1.54, 1.807) is 7.11 Å². The predicted molar refractivity (Wildman–Crippen MR) is 80.0 cm³/mol. The molecule has 5 nitrogen and oxygen atoms in total. The minimum Gasteiger partial charge on any atom is -0.493 e. The zero-order valence-electron chi connectivity index (χ0n) is 11.9. The Kier molecular flexibility index (Phi) is 7.65. The first-order chi connectivity index (χ1) is 9.71. The molecular formula is C14H21ClN2O3. The summed E-state index contributed by atoms with van der Waals surface area (Å²) in [6.45, 7) is 3.53. The Morgan fingerprint density at radius 3 is 2.65 bits per heavy atom. The molecule has 0 bridgehead atoms. The van der Waals surface area contributed by atoms with Crippen molar-refractivity contribution in [2.24, 2.45) is 0 Å². The fourth-order valence-corrected chi connectivity index (χ4v) is 1.78. The summed E-state index contributed by atoms with van der Waals surface area (Å²) in [5.41, 5.74) is 1.07. The van der Waals surface area contributed by atoms with Crippen molar-refractivity contribution in [3.8, 4) is 11.5 Å². The third kappa shape index (κ3) is 5.57. The second kappa shape index (κ2) is 9.31. The Labute approximate surface area is 124 Å². The molecule has 0 aromatic heterocycles. The van der Waals surface area contributed by atoms with Gasteiger partial charge >= 0.3 is 6.03 Å². The highest BCUT2D eigenvalue weighted by Crippen LogP contribution is 2.28. The maximum Gasteiger partial charge on any atom is 0.314 e. The number of benzene rings is 1. The van der Waals surface area contributed by atoms with Crippen molar-refractivity contribution < 1.29 is 14.3 Å². The summed E-state index contributed by atoms with van der Waals surface area (Å²) in [5, 5.41) is 5.40. The van der Waals surface area contributed by atoms with Crippen molar-refractivity contribution in [3.05, 3.63) is 23.8 Å². The highest BCUT2D eigenvalue weighted by Gasteiger charge is 2.05. The Morgan fingerprint density at radius 2 is 2.00 bits per heavy atom. The van der Waals surface area contributed by atoms with Crippen LogP contribution in [-0.2, 0) is 6.42 Å². The first kappa shape index (κ1) is 16.4. The number of urea groups is 1. The molecule has 0 aliphatic rings. The number of hydrogen-bond donors (Lipinski definition) is 2. The molecule has 1 aromatic rings. The SMILES string of the molecule is CCOc1ccc(CCNC(=O)NCCCl)cc1OC. The fraction of sp³-hybridized carbons (Fsp3) is 0.500. The number of ether oxygens (including phenoxy) is 2. The lowest BCUT2D eigenvalue weighted by molar-refractivity contribution is 0.241. The van der Waals surface area contributed by atoms with Crippen LogP contribution in [0.3, 0.4) is 0 Å². The highest BCUT2D eigenvalue weighted by molar-refractivity contribution is 6.18. The molecule has 20 heavy (non-hydrogen) atoms. The van der Waals surface area contributed by atoms with Crippen LogP contribution in [0.25, 0.3) is 0 Å². The Bertz CT molecular complexity index is 427. The van der Waals surface area contributed by atoms with Gasteiger partial charge in [-0.15, -0.1) is 11.6 Å². The van der Waals surface area contributed by atoms with Gasteiger partial charge in [-0.3, -0.25) is 0 Å². The molecule has 0 heterocycles. The number of nitrogens with one attached hydrogen (secondary N) is 2. The topological polar surface area (TPSA) is 59.6 Å². The molecule has 0 saturated carbocycles. The predicted octanol–water partition coefficient (Wildman–Crippen LogP) is 2.17. The number of rotatable bonds is 8. The zero-order valence-corrected chi connectivity index (χ0v) is 12.6. The normalized spacial score (nSPS) is 9.95. The number of carbonyl (C=O) groups excluding carboxylic acids is 1. The molecule has 0 fully saturated rings. The molecule has 0 aliphatic heterocycles. The lowest BCUT2D eigenvalue weighted by Crippen LogP contribution is -2.37. The van der Waals surface area contributed by atoms with Crippen LogP contribution < -0.4 is 20.1 Å². The Hall–Kier alpha value is -1.62. The standard InChI is InChI=1S/C14H21ClN2O3/c1-3-20-12-5-4-11(10-13(12)19-2)6-8-16-14(18)17-9-7-15/h4-5,10H,3,6-9H2,1-2H3,(H2,16,17,18). The molecule has 0 radical (unpaired) electrons. The molecular weight excluding hydrogens is 280 g/mol. The molecule has 1 rings (SSSR count). The van der Waals surface area contributed by atoms with Crippen LogP contribution in [0.1, 0.15) is 12.5 Å². The maximum atomic E-state index is 11.3. The summed E-state index contributed by atoms with van der Waals surface area (Å²) >= 11 is 5.48. The zero-order chi connectivity index (χ0) is 14.8. The first-order valence-electron chi connectivity index (χ1n) is 6.58. The highest BCUT2D eigenvalue weighted by atomic mass is 35.5. The number of carbonyl (C=O) groups is 1. The largest absolute Gasteiger partial charge is 0.493 e. The molecule has 0 aliphatic carbocycles. The van der Waals surface area contributed by atoms with E-state index in [1.807, 2.05) is 25.1 Å². The van der Waals surface area contributed by atoms with Gasteiger partial charge in [0.05, 0.1) is 13.7 Å². The maximum absolute atomic E-state index is 11.3. The summed E-state index contributed by atoms with van der Waals surface area (Å²) in [7, 11) is 1.61. The van der Waals surface area contributed by atoms with Gasteiger partial charge in [0.25, 0.3) is 0 Å². The van der Waals surface area contributed by atoms with E-state index in [4.69, 9.17) is 21.1 Å². The Morgan fingerprint density at radius 1 is 1.25 bits per heavy atom. The summed E-state index contributed by atoms with van der Waals surface area (Å²) in [4.78, 5) is 11.3. The van der Waals surface area contributed by atoms with E-state index in [2.05, 4.69) is 10.6 Å². The van der Waals surface area contributed by atoms with Crippen LogP contribution in [0.5, 0.6) is 11.5 Å². The second-order valence-corrected chi connectivity index (χ2v) is 4.42. The number of methoxy groups -OCH3 is 1. The van der Waals surface area contributed by atoms with Crippen molar-refractivity contribution in [1.29, 1.82) is 0 Å². The van der Waals surface area contributed by atoms with Crippen LogP contribution >= 0.6 is 11.6 Å². The molecule has 112 valence electrons. The van der Waals surface area contributed by atoms with Gasteiger partial charge in [-0.1, -0.05) is 6.07 Å². The van der Waals surface area contributed by atoms with Gasteiger partial charge < -0.3 is 20.1 Å². The van der Waals surface area contributed by atoms with Crippen molar-refractivity contribution in [2.75, 3.05) is 32.7 Å². The first-order valence-corrected chi connectivity index (χ1v) is 7.12. The van der Waals surface area contributed by atoms with Gasteiger partial charge in [0.1, 0.15) is 0 Å². The monoisotopic (exact) mass is 300 g/mol. The molecule has 2 N–H and O–H groups in total. The van der Waals surface area contributed by atoms with Crippen molar-refractivity contribution in [2.45, 2.75) is 13.3 Å². The lowest BCUT2D eigenvalue weighted by Gasteiger charge is -2.11. The minimum absolute atomic E-state index is 0.205. The average Bonchev–Trinajstić information content (AvgIpc) is 2.46. The summed E-state index contributed by atoms with van der Waals surface area (Å²) < 4.78 is 10.7. The van der Waals surface area contributed by atoms with Crippen molar-refractivity contribution >= 4 is 17.6 Å². The minimum atomic E-state index is -0.205. The van der Waals surface area contributed by atoms with E-state index in [0.29, 0.717) is 31.3 Å². The fourth-order valence-electron chi connectivity index (χ4n) is 1.69. The van der Waals surface area contributed by atoms with E-state index in [9.17, 15) is 4.79 Å². The van der Waals surface area contributed by atoms with Crippen molar-refractivity contribution in [1.82, 2.24) is 10.6 Å². The van der Waals surface area contributed by atoms with E-state index < -0.39 is 0 Å². The van der Waals surface area contributed by atoms with E-state index >= 15 is 0 Å². The van der Waals surface area contributed by atoms with Gasteiger partial charge in [0.15, 0.2) is 11.5 Å². The van der Waals surface area contributed by atoms with E-state index in [0.717, 1.165) is 17.7 Å². The van der Waals surface area contributed by atoms with Gasteiger partial charge in [-0.2, -0.15) is 0 Å². The molecule has 1 aromatic carbocycles. The van der Waals surface area contributed by atoms with Gasteiger partial charge in [0, 0.05) is 19.0 Å². The third-order valence-electron chi connectivity index (χ3n) is 2.61. The number of amides is 2. The summed E-state index contributed by atoms with van der Waals surface area (Å²) in [6.07, 6.45) is 0.719. The smallest absolute Gasteiger partial charge is 0.314 e. The summed E-state index contributed by atoms with van der Waals surface area (Å²) in [6, 6.07) is 5.56. The van der Waals surface area contributed by atoms with E-state index in [1.165, 1.54) is 0 Å². The lowest BCUT2D eigenvalue weighted by atomic mass is 10.1. The van der Waals surface area contributed by atoms with Crippen LogP contribution in [0.4, 0.5) is 4.79 Å². The van der Waals surface area contributed by atoms with Gasteiger partial charge in [-0.25, -0.2) is 4.79 Å². The average molecular weight is 301 g/mol. The quantitative estimate of drug-likeness (QED) is 0.723.